The van der Waals surface area contributed by atoms with E-state index < -0.39 is 24.6 Å². The van der Waals surface area contributed by atoms with Gasteiger partial charge in [0.1, 0.15) is 6.16 Å². The molecule has 0 aliphatic heterocycles. The van der Waals surface area contributed by atoms with Gasteiger partial charge in [-0.2, -0.15) is 4.89 Å². The van der Waals surface area contributed by atoms with Crippen molar-refractivity contribution in [3.8, 4) is 0 Å². The van der Waals surface area contributed by atoms with Crippen LogP contribution in [-0.2, 0) is 14.8 Å². The number of hydrogen-bond acceptors (Lipinski definition) is 4. The zero-order valence-corrected chi connectivity index (χ0v) is 17.9. The van der Waals surface area contributed by atoms with E-state index in [1.807, 2.05) is 0 Å². The van der Waals surface area contributed by atoms with Gasteiger partial charge in [0.25, 0.3) is 0 Å². The number of thiophene rings is 1. The molecule has 1 rings (SSSR count). The van der Waals surface area contributed by atoms with E-state index in [2.05, 4.69) is 56.8 Å². The van der Waals surface area contributed by atoms with Crippen LogP contribution in [0.15, 0.2) is 17.5 Å². The molecular formula is C14H30O3PSSi2+. The lowest BCUT2D eigenvalue weighted by Crippen LogP contribution is -2.33. The Labute approximate surface area is 136 Å². The molecule has 7 heteroatoms. The molecule has 0 radical (unpaired) electrons. The molecule has 0 unspecified atom stereocenters. The summed E-state index contributed by atoms with van der Waals surface area (Å²) in [7, 11) is -6.31. The van der Waals surface area contributed by atoms with E-state index in [4.69, 9.17) is 8.43 Å². The fraction of sp³-hybridized carbons (Fsp3) is 0.714. The zero-order valence-electron chi connectivity index (χ0n) is 14.2. The number of aryl methyl sites for hydroxylation is 1. The van der Waals surface area contributed by atoms with E-state index in [1.165, 1.54) is 4.88 Å². The maximum atomic E-state index is 10.9. The van der Waals surface area contributed by atoms with Gasteiger partial charge in [-0.1, -0.05) is 6.07 Å². The summed E-state index contributed by atoms with van der Waals surface area (Å²) < 4.78 is 12.1. The second-order valence-corrected chi connectivity index (χ2v) is 20.0. The van der Waals surface area contributed by atoms with Crippen LogP contribution in [0.3, 0.4) is 0 Å². The first kappa shape index (κ1) is 19.5. The summed E-state index contributed by atoms with van der Waals surface area (Å²) in [5.41, 5.74) is 0. The Morgan fingerprint density at radius 1 is 1.05 bits per heavy atom. The third kappa shape index (κ3) is 9.23. The summed E-state index contributed by atoms with van der Waals surface area (Å²) >= 11 is 1.80. The normalized spacial score (nSPS) is 13.7. The molecule has 122 valence electrons. The fourth-order valence-electron chi connectivity index (χ4n) is 2.03. The first-order chi connectivity index (χ1) is 9.49. The number of unbranched alkanes of at least 4 members (excludes halogenated alkanes) is 1. The molecule has 0 amide bonds. The first-order valence-electron chi connectivity index (χ1n) is 7.54. The van der Waals surface area contributed by atoms with Crippen LogP contribution < -0.4 is 0 Å². The van der Waals surface area contributed by atoms with Crippen LogP contribution in [0, 0.1) is 0 Å². The molecule has 1 aromatic rings. The molecule has 0 saturated heterocycles. The largest absolute Gasteiger partial charge is 0.386 e. The second-order valence-electron chi connectivity index (χ2n) is 7.30. The van der Waals surface area contributed by atoms with E-state index >= 15 is 0 Å². The molecule has 0 saturated carbocycles. The fourth-order valence-corrected chi connectivity index (χ4v) is 11.5. The van der Waals surface area contributed by atoms with Crippen LogP contribution in [0.1, 0.15) is 17.7 Å². The van der Waals surface area contributed by atoms with Crippen LogP contribution in [-0.4, -0.2) is 27.7 Å². The van der Waals surface area contributed by atoms with Crippen molar-refractivity contribution in [3.05, 3.63) is 22.4 Å². The lowest BCUT2D eigenvalue weighted by Gasteiger charge is -2.28. The predicted octanol–water partition coefficient (Wildman–Crippen LogP) is 5.53. The van der Waals surface area contributed by atoms with Crippen LogP contribution in [0.5, 0.6) is 0 Å². The highest BCUT2D eigenvalue weighted by Gasteiger charge is 2.48. The van der Waals surface area contributed by atoms with Crippen LogP contribution in [0.25, 0.3) is 0 Å². The van der Waals surface area contributed by atoms with Gasteiger partial charge in [0, 0.05) is 4.88 Å². The molecule has 0 aromatic carbocycles. The van der Waals surface area contributed by atoms with Crippen molar-refractivity contribution in [2.45, 2.75) is 58.5 Å². The van der Waals surface area contributed by atoms with Crippen LogP contribution >= 0.6 is 19.3 Å². The van der Waals surface area contributed by atoms with Gasteiger partial charge >= 0.3 is 7.94 Å². The number of hydrogen-bond donors (Lipinski definition) is 1. The summed E-state index contributed by atoms with van der Waals surface area (Å²) in [5, 5.41) is 2.11. The topological polar surface area (TPSA) is 38.7 Å². The highest BCUT2D eigenvalue weighted by atomic mass is 32.1. The Hall–Kier alpha value is 0.444. The average Bonchev–Trinajstić information content (AvgIpc) is 2.71. The summed E-state index contributed by atoms with van der Waals surface area (Å²) in [6, 6.07) is 4.26. The molecule has 3 nitrogen and oxygen atoms in total. The Morgan fingerprint density at radius 2 is 1.62 bits per heavy atom. The maximum absolute atomic E-state index is 10.9. The molecule has 1 N–H and O–H groups in total. The molecular weight excluding hydrogens is 335 g/mol. The molecule has 0 fully saturated rings. The molecule has 0 bridgehead atoms. The van der Waals surface area contributed by atoms with Gasteiger partial charge in [-0.15, -0.1) is 11.3 Å². The Bertz CT molecular complexity index is 397. The van der Waals surface area contributed by atoms with Gasteiger partial charge in [0.2, 0.25) is 16.6 Å². The second kappa shape index (κ2) is 7.82. The van der Waals surface area contributed by atoms with Gasteiger partial charge in [-0.05, 0) is 70.0 Å². The standard InChI is InChI=1S/C14H30O3PSSi2/c1-20(2,3)16-18(15,17-21(4,5)6)12-8-7-10-14-11-9-13-19-14/h9,11,13,15H,7-8,10,12H2,1-6H3/q+1. The van der Waals surface area contributed by atoms with E-state index in [-0.39, 0.29) is 0 Å². The van der Waals surface area contributed by atoms with Crippen molar-refractivity contribution in [2.75, 3.05) is 6.16 Å². The molecule has 0 atom stereocenters. The average molecular weight is 366 g/mol. The van der Waals surface area contributed by atoms with E-state index in [0.29, 0.717) is 6.16 Å². The highest BCUT2D eigenvalue weighted by Crippen LogP contribution is 2.61. The molecule has 0 aliphatic carbocycles. The Kier molecular flexibility index (Phi) is 7.26. The minimum absolute atomic E-state index is 0.660. The quantitative estimate of drug-likeness (QED) is 0.355. The van der Waals surface area contributed by atoms with Crippen molar-refractivity contribution in [3.63, 3.8) is 0 Å². The van der Waals surface area contributed by atoms with Gasteiger partial charge in [-0.3, -0.25) is 0 Å². The third-order valence-corrected chi connectivity index (χ3v) is 11.0. The van der Waals surface area contributed by atoms with Crippen molar-refractivity contribution < 1.29 is 13.3 Å². The summed E-state index contributed by atoms with van der Waals surface area (Å²) in [4.78, 5) is 12.3. The Morgan fingerprint density at radius 3 is 2.05 bits per heavy atom. The van der Waals surface area contributed by atoms with Crippen LogP contribution in [0.4, 0.5) is 0 Å². The number of rotatable bonds is 9. The zero-order chi connectivity index (χ0) is 16.1. The van der Waals surface area contributed by atoms with E-state index in [9.17, 15) is 4.89 Å². The molecule has 1 heterocycles. The monoisotopic (exact) mass is 365 g/mol. The first-order valence-corrected chi connectivity index (χ1v) is 17.0. The van der Waals surface area contributed by atoms with Gasteiger partial charge < -0.3 is 0 Å². The van der Waals surface area contributed by atoms with Gasteiger partial charge in [0.05, 0.1) is 0 Å². The highest BCUT2D eigenvalue weighted by molar-refractivity contribution is 7.63. The molecule has 0 aliphatic rings. The minimum atomic E-state index is -2.69. The van der Waals surface area contributed by atoms with Crippen molar-refractivity contribution in [1.82, 2.24) is 0 Å². The van der Waals surface area contributed by atoms with E-state index in [0.717, 1.165) is 19.3 Å². The maximum Gasteiger partial charge on any atom is 0.386 e. The van der Waals surface area contributed by atoms with Gasteiger partial charge in [0.15, 0.2) is 0 Å². The van der Waals surface area contributed by atoms with Crippen molar-refractivity contribution >= 4 is 35.9 Å². The summed E-state index contributed by atoms with van der Waals surface area (Å²) in [6.45, 7) is 12.6. The SMILES string of the molecule is C[Si](C)(C)O[P+](O)(CCCCc1cccs1)O[Si](C)(C)C. The Balaban J connectivity index is 2.52. The lowest BCUT2D eigenvalue weighted by atomic mass is 10.2. The van der Waals surface area contributed by atoms with Crippen molar-refractivity contribution in [2.24, 2.45) is 0 Å². The van der Waals surface area contributed by atoms with Crippen molar-refractivity contribution in [1.29, 1.82) is 0 Å². The van der Waals surface area contributed by atoms with Crippen LogP contribution in [0.2, 0.25) is 39.3 Å². The van der Waals surface area contributed by atoms with E-state index in [1.54, 1.807) is 11.3 Å². The molecule has 0 spiro atoms. The lowest BCUT2D eigenvalue weighted by molar-refractivity contribution is 0.341. The molecule has 1 aromatic heterocycles. The summed E-state index contributed by atoms with van der Waals surface area (Å²) in [5.74, 6) is 0. The third-order valence-electron chi connectivity index (χ3n) is 2.53. The minimum Gasteiger partial charge on any atom is -0.233 e. The smallest absolute Gasteiger partial charge is 0.233 e. The molecule has 21 heavy (non-hydrogen) atoms. The summed E-state index contributed by atoms with van der Waals surface area (Å²) in [6.07, 6.45) is 3.77. The van der Waals surface area contributed by atoms with Gasteiger partial charge in [-0.25, -0.2) is 8.43 Å². The predicted molar refractivity (Wildman–Crippen MR) is 100 cm³/mol.